The summed E-state index contributed by atoms with van der Waals surface area (Å²) in [5.74, 6) is 0.0224. The molecule has 0 spiro atoms. The molecule has 5 heteroatoms. The number of piperidine rings is 1. The van der Waals surface area contributed by atoms with Crippen LogP contribution in [0.1, 0.15) is 83.5 Å². The van der Waals surface area contributed by atoms with Gasteiger partial charge in [0.2, 0.25) is 0 Å². The van der Waals surface area contributed by atoms with Crippen molar-refractivity contribution >= 4 is 11.9 Å². The van der Waals surface area contributed by atoms with Crippen molar-refractivity contribution in [1.29, 1.82) is 0 Å². The van der Waals surface area contributed by atoms with Crippen molar-refractivity contribution in [3.63, 3.8) is 0 Å². The molecule has 2 bridgehead atoms. The maximum absolute atomic E-state index is 13.1. The van der Waals surface area contributed by atoms with E-state index in [2.05, 4.69) is 18.0 Å². The largest absolute Gasteiger partial charge is 0.461 e. The molecule has 4 rings (SSSR count). The molecule has 0 aromatic heterocycles. The van der Waals surface area contributed by atoms with Gasteiger partial charge in [-0.25, -0.2) is 0 Å². The van der Waals surface area contributed by atoms with Crippen LogP contribution in [-0.4, -0.2) is 48.7 Å². The summed E-state index contributed by atoms with van der Waals surface area (Å²) in [6, 6.07) is 0.539. The fraction of sp³-hybridized carbons (Fsp3) is 0.840. The van der Waals surface area contributed by atoms with Crippen LogP contribution in [0.5, 0.6) is 0 Å². The van der Waals surface area contributed by atoms with E-state index in [1.54, 1.807) is 0 Å². The highest BCUT2D eigenvalue weighted by molar-refractivity contribution is 5.77. The molecular formula is C25H39NO4. The van der Waals surface area contributed by atoms with Crippen LogP contribution in [0, 0.1) is 17.8 Å². The second-order valence-corrected chi connectivity index (χ2v) is 9.99. The molecule has 0 aromatic rings. The third kappa shape index (κ3) is 5.09. The minimum Gasteiger partial charge on any atom is -0.461 e. The van der Waals surface area contributed by atoms with E-state index in [4.69, 9.17) is 9.47 Å². The van der Waals surface area contributed by atoms with E-state index < -0.39 is 0 Å². The first kappa shape index (κ1) is 21.9. The second kappa shape index (κ2) is 10.3. The van der Waals surface area contributed by atoms with Gasteiger partial charge in [0.1, 0.15) is 18.6 Å². The minimum absolute atomic E-state index is 0.0196. The van der Waals surface area contributed by atoms with Crippen LogP contribution in [0.2, 0.25) is 0 Å². The Kier molecular flexibility index (Phi) is 7.50. The van der Waals surface area contributed by atoms with Gasteiger partial charge in [-0.05, 0) is 51.5 Å². The number of nitrogens with zero attached hydrogens (tertiary/aromatic N) is 1. The number of esters is 2. The van der Waals surface area contributed by atoms with E-state index in [1.807, 2.05) is 6.08 Å². The Morgan fingerprint density at radius 1 is 0.900 bits per heavy atom. The summed E-state index contributed by atoms with van der Waals surface area (Å²) < 4.78 is 11.7. The van der Waals surface area contributed by atoms with Crippen LogP contribution in [0.3, 0.4) is 0 Å². The van der Waals surface area contributed by atoms with Crippen molar-refractivity contribution in [2.45, 2.75) is 102 Å². The molecule has 4 aliphatic rings. The Morgan fingerprint density at radius 3 is 2.33 bits per heavy atom. The molecule has 168 valence electrons. The zero-order valence-electron chi connectivity index (χ0n) is 18.6. The predicted molar refractivity (Wildman–Crippen MR) is 116 cm³/mol. The zero-order chi connectivity index (χ0) is 20.9. The Morgan fingerprint density at radius 2 is 1.60 bits per heavy atom. The molecule has 2 aliphatic heterocycles. The lowest BCUT2D eigenvalue weighted by Gasteiger charge is -2.41. The first-order valence-electron chi connectivity index (χ1n) is 12.4. The number of carbonyl (C=O) groups is 2. The van der Waals surface area contributed by atoms with E-state index in [0.717, 1.165) is 44.9 Å². The van der Waals surface area contributed by atoms with Crippen molar-refractivity contribution in [3.8, 4) is 0 Å². The fourth-order valence-corrected chi connectivity index (χ4v) is 6.24. The minimum atomic E-state index is -0.357. The quantitative estimate of drug-likeness (QED) is 0.465. The van der Waals surface area contributed by atoms with Crippen LogP contribution in [-0.2, 0) is 19.1 Å². The van der Waals surface area contributed by atoms with Gasteiger partial charge in [0.05, 0.1) is 5.92 Å². The Labute approximate surface area is 181 Å². The summed E-state index contributed by atoms with van der Waals surface area (Å²) in [5.41, 5.74) is 0. The molecule has 0 aromatic carbocycles. The van der Waals surface area contributed by atoms with Gasteiger partial charge < -0.3 is 9.47 Å². The first-order chi connectivity index (χ1) is 14.6. The van der Waals surface area contributed by atoms with Gasteiger partial charge in [0.25, 0.3) is 0 Å². The smallest absolute Gasteiger partial charge is 0.314 e. The number of fused-ring (bicyclic) bond motifs is 2. The molecule has 4 atom stereocenters. The van der Waals surface area contributed by atoms with Crippen molar-refractivity contribution < 1.29 is 19.1 Å². The van der Waals surface area contributed by atoms with Gasteiger partial charge in [-0.15, -0.1) is 0 Å². The third-order valence-electron chi connectivity index (χ3n) is 8.07. The first-order valence-corrected chi connectivity index (χ1v) is 12.4. The molecule has 4 fully saturated rings. The van der Waals surface area contributed by atoms with Gasteiger partial charge in [0, 0.05) is 18.5 Å². The Balaban J connectivity index is 1.35. The molecule has 5 nitrogen and oxygen atoms in total. The van der Waals surface area contributed by atoms with Crippen molar-refractivity contribution in [2.75, 3.05) is 13.7 Å². The third-order valence-corrected chi connectivity index (χ3v) is 8.07. The lowest BCUT2D eigenvalue weighted by molar-refractivity contribution is -0.172. The number of hydrogen-bond donors (Lipinski definition) is 0. The highest BCUT2D eigenvalue weighted by atomic mass is 16.6. The second-order valence-electron chi connectivity index (χ2n) is 9.99. The van der Waals surface area contributed by atoms with Crippen LogP contribution in [0.25, 0.3) is 0 Å². The van der Waals surface area contributed by atoms with Crippen molar-refractivity contribution in [1.82, 2.24) is 4.90 Å². The highest BCUT2D eigenvalue weighted by Gasteiger charge is 2.51. The standard InChI is InChI=1S/C25H39NO4/c1-26-20-14-15-21(26)23(22(17-20)30-24(27)19-12-6-3-7-13-19)25(28)29-16-8-11-18-9-4-2-5-10-18/h8,11,18-23H,2-7,9-10,12-17H2,1H3/b11-8+/t20-,21?,22+,23?/m1/s1. The summed E-state index contributed by atoms with van der Waals surface area (Å²) in [4.78, 5) is 28.2. The van der Waals surface area contributed by atoms with E-state index in [9.17, 15) is 9.59 Å². The normalized spacial score (nSPS) is 33.6. The number of rotatable bonds is 6. The molecule has 0 radical (unpaired) electrons. The molecule has 2 unspecified atom stereocenters. The SMILES string of the molecule is CN1C2CC[C@@H]1C[C@H](OC(=O)C1CCCCC1)C2C(=O)OC/C=C/C1CCCCC1. The summed E-state index contributed by atoms with van der Waals surface area (Å²) in [7, 11) is 2.10. The van der Waals surface area contributed by atoms with Gasteiger partial charge >= 0.3 is 11.9 Å². The van der Waals surface area contributed by atoms with E-state index >= 15 is 0 Å². The number of ether oxygens (including phenoxy) is 2. The van der Waals surface area contributed by atoms with Gasteiger partial charge in [-0.3, -0.25) is 14.5 Å². The van der Waals surface area contributed by atoms with Crippen LogP contribution in [0.4, 0.5) is 0 Å². The molecular weight excluding hydrogens is 378 g/mol. The lowest BCUT2D eigenvalue weighted by atomic mass is 9.86. The maximum atomic E-state index is 13.1. The number of carbonyl (C=O) groups excluding carboxylic acids is 2. The average molecular weight is 418 g/mol. The van der Waals surface area contributed by atoms with E-state index in [-0.39, 0.29) is 35.9 Å². The van der Waals surface area contributed by atoms with Crippen molar-refractivity contribution in [3.05, 3.63) is 12.2 Å². The number of allylic oxidation sites excluding steroid dienone is 1. The lowest BCUT2D eigenvalue weighted by Crippen LogP contribution is -2.54. The summed E-state index contributed by atoms with van der Waals surface area (Å²) in [6.45, 7) is 0.328. The Bertz CT molecular complexity index is 621. The topological polar surface area (TPSA) is 55.8 Å². The molecule has 30 heavy (non-hydrogen) atoms. The monoisotopic (exact) mass is 417 g/mol. The summed E-state index contributed by atoms with van der Waals surface area (Å²) in [6.07, 6.45) is 18.5. The summed E-state index contributed by atoms with van der Waals surface area (Å²) in [5, 5.41) is 0. The highest BCUT2D eigenvalue weighted by Crippen LogP contribution is 2.41. The molecule has 0 N–H and O–H groups in total. The van der Waals surface area contributed by atoms with Gasteiger partial charge in [-0.2, -0.15) is 0 Å². The molecule has 0 amide bonds. The molecule has 2 saturated heterocycles. The van der Waals surface area contributed by atoms with E-state index in [0.29, 0.717) is 18.6 Å². The molecule has 2 aliphatic carbocycles. The Hall–Kier alpha value is -1.36. The van der Waals surface area contributed by atoms with Crippen LogP contribution in [0.15, 0.2) is 12.2 Å². The van der Waals surface area contributed by atoms with Gasteiger partial charge in [0.15, 0.2) is 0 Å². The molecule has 2 saturated carbocycles. The van der Waals surface area contributed by atoms with Crippen LogP contribution >= 0.6 is 0 Å². The summed E-state index contributed by atoms with van der Waals surface area (Å²) >= 11 is 0. The van der Waals surface area contributed by atoms with Gasteiger partial charge in [-0.1, -0.05) is 50.7 Å². The predicted octanol–water partition coefficient (Wildman–Crippen LogP) is 4.64. The van der Waals surface area contributed by atoms with Crippen molar-refractivity contribution in [2.24, 2.45) is 17.8 Å². The van der Waals surface area contributed by atoms with E-state index in [1.165, 1.54) is 38.5 Å². The maximum Gasteiger partial charge on any atom is 0.314 e. The molecule has 2 heterocycles. The zero-order valence-corrected chi connectivity index (χ0v) is 18.6. The fourth-order valence-electron chi connectivity index (χ4n) is 6.24. The average Bonchev–Trinajstić information content (AvgIpc) is 3.01. The van der Waals surface area contributed by atoms with Crippen LogP contribution < -0.4 is 0 Å². The number of hydrogen-bond acceptors (Lipinski definition) is 5.